The number of hydrazine groups is 1. The van der Waals surface area contributed by atoms with Crippen LogP contribution in [-0.2, 0) is 4.79 Å². The highest BCUT2D eigenvalue weighted by Crippen LogP contribution is 2.18. The molecule has 2 rings (SSSR count). The molecule has 0 radical (unpaired) electrons. The normalized spacial score (nSPS) is 11.2. The second-order valence-electron chi connectivity index (χ2n) is 5.18. The number of nitro groups is 1. The van der Waals surface area contributed by atoms with Gasteiger partial charge in [-0.2, -0.15) is 0 Å². The zero-order valence-corrected chi connectivity index (χ0v) is 14.1. The zero-order valence-electron chi connectivity index (χ0n) is 14.1. The average Bonchev–Trinajstić information content (AvgIpc) is 2.66. The standard InChI is InChI=1S/C17H17N3O6/c1-11(26-15-9-7-14(25-2)8-10-15)16(21)18-19-17(22)12-3-5-13(6-4-12)20(23)24/h3-11H,1-2H3,(H,18,21)(H,19,22). The Morgan fingerprint density at radius 2 is 1.58 bits per heavy atom. The quantitative estimate of drug-likeness (QED) is 0.600. The molecule has 9 nitrogen and oxygen atoms in total. The first-order valence-corrected chi connectivity index (χ1v) is 7.56. The van der Waals surface area contributed by atoms with E-state index in [1.807, 2.05) is 0 Å². The number of amides is 2. The topological polar surface area (TPSA) is 120 Å². The van der Waals surface area contributed by atoms with Gasteiger partial charge in [-0.05, 0) is 43.3 Å². The number of benzene rings is 2. The molecular formula is C17H17N3O6. The van der Waals surface area contributed by atoms with E-state index in [1.165, 1.54) is 31.2 Å². The van der Waals surface area contributed by atoms with Gasteiger partial charge in [-0.1, -0.05) is 0 Å². The van der Waals surface area contributed by atoms with E-state index in [2.05, 4.69) is 10.9 Å². The number of nitrogens with zero attached hydrogens (tertiary/aromatic N) is 1. The molecular weight excluding hydrogens is 342 g/mol. The van der Waals surface area contributed by atoms with Crippen LogP contribution in [0.3, 0.4) is 0 Å². The van der Waals surface area contributed by atoms with Crippen molar-refractivity contribution in [2.24, 2.45) is 0 Å². The fourth-order valence-corrected chi connectivity index (χ4v) is 1.94. The van der Waals surface area contributed by atoms with Crippen LogP contribution in [0.25, 0.3) is 0 Å². The van der Waals surface area contributed by atoms with Crippen molar-refractivity contribution in [2.75, 3.05) is 7.11 Å². The third kappa shape index (κ3) is 4.94. The predicted octanol–water partition coefficient (Wildman–Crippen LogP) is 1.83. The monoisotopic (exact) mass is 359 g/mol. The fraction of sp³-hybridized carbons (Fsp3) is 0.176. The largest absolute Gasteiger partial charge is 0.497 e. The van der Waals surface area contributed by atoms with Crippen LogP contribution >= 0.6 is 0 Å². The first kappa shape index (κ1) is 18.7. The molecule has 2 N–H and O–H groups in total. The third-order valence-electron chi connectivity index (χ3n) is 3.38. The van der Waals surface area contributed by atoms with Gasteiger partial charge in [-0.25, -0.2) is 0 Å². The highest BCUT2D eigenvalue weighted by atomic mass is 16.6. The Bertz CT molecular complexity index is 789. The Kier molecular flexibility index (Phi) is 6.10. The smallest absolute Gasteiger partial charge is 0.279 e. The minimum atomic E-state index is -0.861. The summed E-state index contributed by atoms with van der Waals surface area (Å²) in [6.07, 6.45) is -0.861. The van der Waals surface area contributed by atoms with Crippen molar-refractivity contribution >= 4 is 17.5 Å². The Labute approximate surface area is 149 Å². The maximum atomic E-state index is 12.0. The van der Waals surface area contributed by atoms with Gasteiger partial charge >= 0.3 is 0 Å². The number of nitro benzene ring substituents is 1. The van der Waals surface area contributed by atoms with Gasteiger partial charge in [0.05, 0.1) is 12.0 Å². The minimum absolute atomic E-state index is 0.132. The number of hydrogen-bond acceptors (Lipinski definition) is 6. The Balaban J connectivity index is 1.86. The first-order valence-electron chi connectivity index (χ1n) is 7.56. The molecule has 1 atom stereocenters. The van der Waals surface area contributed by atoms with Crippen molar-refractivity contribution in [3.8, 4) is 11.5 Å². The molecule has 26 heavy (non-hydrogen) atoms. The molecule has 136 valence electrons. The number of non-ortho nitro benzene ring substituents is 1. The summed E-state index contributed by atoms with van der Waals surface area (Å²) in [5.41, 5.74) is 4.50. The highest BCUT2D eigenvalue weighted by Gasteiger charge is 2.16. The first-order chi connectivity index (χ1) is 12.4. The van der Waals surface area contributed by atoms with Crippen molar-refractivity contribution in [2.45, 2.75) is 13.0 Å². The molecule has 0 heterocycles. The maximum absolute atomic E-state index is 12.0. The summed E-state index contributed by atoms with van der Waals surface area (Å²) in [6.45, 7) is 1.53. The van der Waals surface area contributed by atoms with E-state index in [-0.39, 0.29) is 11.3 Å². The lowest BCUT2D eigenvalue weighted by molar-refractivity contribution is -0.384. The summed E-state index contributed by atoms with van der Waals surface area (Å²) in [6, 6.07) is 11.7. The summed E-state index contributed by atoms with van der Waals surface area (Å²) in [5.74, 6) is -0.0408. The van der Waals surface area contributed by atoms with E-state index in [0.717, 1.165) is 0 Å². The van der Waals surface area contributed by atoms with Crippen LogP contribution in [-0.4, -0.2) is 30.0 Å². The lowest BCUT2D eigenvalue weighted by Gasteiger charge is -2.15. The Morgan fingerprint density at radius 1 is 1.00 bits per heavy atom. The van der Waals surface area contributed by atoms with Crippen LogP contribution in [0, 0.1) is 10.1 Å². The number of ether oxygens (including phenoxy) is 2. The number of carbonyl (C=O) groups excluding carboxylic acids is 2. The third-order valence-corrected chi connectivity index (χ3v) is 3.38. The Morgan fingerprint density at radius 3 is 2.12 bits per heavy atom. The van der Waals surface area contributed by atoms with Crippen LogP contribution in [0.5, 0.6) is 11.5 Å². The molecule has 2 aromatic rings. The summed E-state index contributed by atoms with van der Waals surface area (Å²) < 4.78 is 10.5. The van der Waals surface area contributed by atoms with Gasteiger partial charge in [0.15, 0.2) is 6.10 Å². The van der Waals surface area contributed by atoms with Crippen LogP contribution in [0.2, 0.25) is 0 Å². The minimum Gasteiger partial charge on any atom is -0.497 e. The molecule has 9 heteroatoms. The van der Waals surface area contributed by atoms with Crippen LogP contribution in [0.1, 0.15) is 17.3 Å². The molecule has 0 aliphatic carbocycles. The number of hydrogen-bond donors (Lipinski definition) is 2. The van der Waals surface area contributed by atoms with E-state index in [0.29, 0.717) is 11.5 Å². The van der Waals surface area contributed by atoms with Crippen molar-refractivity contribution in [1.82, 2.24) is 10.9 Å². The molecule has 2 amide bonds. The highest BCUT2D eigenvalue weighted by molar-refractivity contribution is 5.95. The van der Waals surface area contributed by atoms with Gasteiger partial charge in [-0.3, -0.25) is 30.6 Å². The SMILES string of the molecule is COc1ccc(OC(C)C(=O)NNC(=O)c2ccc([N+](=O)[O-])cc2)cc1. The van der Waals surface area contributed by atoms with Crippen LogP contribution < -0.4 is 20.3 Å². The van der Waals surface area contributed by atoms with E-state index in [4.69, 9.17) is 9.47 Å². The van der Waals surface area contributed by atoms with Crippen LogP contribution in [0.15, 0.2) is 48.5 Å². The number of methoxy groups -OCH3 is 1. The summed E-state index contributed by atoms with van der Waals surface area (Å²) in [4.78, 5) is 33.9. The van der Waals surface area contributed by atoms with Gasteiger partial charge in [-0.15, -0.1) is 0 Å². The molecule has 0 spiro atoms. The fourth-order valence-electron chi connectivity index (χ4n) is 1.94. The zero-order chi connectivity index (χ0) is 19.1. The second-order valence-corrected chi connectivity index (χ2v) is 5.18. The van der Waals surface area contributed by atoms with E-state index in [1.54, 1.807) is 31.4 Å². The van der Waals surface area contributed by atoms with Gasteiger partial charge < -0.3 is 9.47 Å². The van der Waals surface area contributed by atoms with Gasteiger partial charge in [0, 0.05) is 17.7 Å². The maximum Gasteiger partial charge on any atom is 0.279 e. The van der Waals surface area contributed by atoms with Crippen molar-refractivity contribution in [3.05, 3.63) is 64.2 Å². The number of nitrogens with one attached hydrogen (secondary N) is 2. The van der Waals surface area contributed by atoms with Gasteiger partial charge in [0.1, 0.15) is 11.5 Å². The number of carbonyl (C=O) groups is 2. The Hall–Kier alpha value is -3.62. The van der Waals surface area contributed by atoms with Gasteiger partial charge in [0.25, 0.3) is 17.5 Å². The molecule has 0 fully saturated rings. The lowest BCUT2D eigenvalue weighted by Crippen LogP contribution is -2.47. The number of rotatable bonds is 6. The molecule has 0 saturated carbocycles. The van der Waals surface area contributed by atoms with Gasteiger partial charge in [0.2, 0.25) is 0 Å². The summed E-state index contributed by atoms with van der Waals surface area (Å²) in [5, 5.41) is 10.6. The second kappa shape index (κ2) is 8.47. The summed E-state index contributed by atoms with van der Waals surface area (Å²) in [7, 11) is 1.54. The molecule has 0 bridgehead atoms. The molecule has 1 unspecified atom stereocenters. The van der Waals surface area contributed by atoms with E-state index < -0.39 is 22.8 Å². The van der Waals surface area contributed by atoms with Crippen molar-refractivity contribution < 1.29 is 24.0 Å². The molecule has 0 aliphatic heterocycles. The molecule has 0 saturated heterocycles. The molecule has 0 aliphatic rings. The average molecular weight is 359 g/mol. The van der Waals surface area contributed by atoms with E-state index >= 15 is 0 Å². The molecule has 0 aromatic heterocycles. The lowest BCUT2D eigenvalue weighted by atomic mass is 10.2. The summed E-state index contributed by atoms with van der Waals surface area (Å²) >= 11 is 0. The van der Waals surface area contributed by atoms with Crippen molar-refractivity contribution in [1.29, 1.82) is 0 Å². The predicted molar refractivity (Wildman–Crippen MR) is 91.8 cm³/mol. The van der Waals surface area contributed by atoms with Crippen LogP contribution in [0.4, 0.5) is 5.69 Å². The van der Waals surface area contributed by atoms with Crippen molar-refractivity contribution in [3.63, 3.8) is 0 Å². The van der Waals surface area contributed by atoms with E-state index in [9.17, 15) is 19.7 Å². The molecule has 2 aromatic carbocycles.